The molecular weight excluding hydrogens is 396 g/mol. The lowest BCUT2D eigenvalue weighted by molar-refractivity contribution is -0.136. The molecular formula is C23H24N4O4. The molecule has 4 N–H and O–H groups in total. The van der Waals surface area contributed by atoms with Crippen LogP contribution >= 0.6 is 0 Å². The third kappa shape index (κ3) is 4.06. The van der Waals surface area contributed by atoms with E-state index in [1.165, 1.54) is 5.56 Å². The van der Waals surface area contributed by atoms with E-state index in [2.05, 4.69) is 34.9 Å². The van der Waals surface area contributed by atoms with Gasteiger partial charge in [0.15, 0.2) is 0 Å². The van der Waals surface area contributed by atoms with Crippen LogP contribution in [0, 0.1) is 0 Å². The molecule has 2 aliphatic rings. The number of nitrogens with one attached hydrogen (secondary N) is 2. The summed E-state index contributed by atoms with van der Waals surface area (Å²) in [5, 5.41) is 5.46. The normalized spacial score (nSPS) is 18.2. The number of nitrogens with two attached hydrogens (primary N) is 1. The number of imide groups is 2. The lowest BCUT2D eigenvalue weighted by Gasteiger charge is -2.27. The first-order valence-electron chi connectivity index (χ1n) is 10.4. The van der Waals surface area contributed by atoms with Crippen LogP contribution in [0.4, 0.5) is 5.69 Å². The summed E-state index contributed by atoms with van der Waals surface area (Å²) in [6, 6.07) is 12.3. The Labute approximate surface area is 179 Å². The maximum absolute atomic E-state index is 13.1. The molecule has 0 aliphatic carbocycles. The number of nitrogens with zero attached hydrogens (tertiary/aromatic N) is 1. The first-order valence-corrected chi connectivity index (χ1v) is 10.4. The minimum Gasteiger partial charge on any atom is -0.384 e. The lowest BCUT2D eigenvalue weighted by atomic mass is 10.0. The maximum Gasteiger partial charge on any atom is 0.264 e. The van der Waals surface area contributed by atoms with Gasteiger partial charge in [0.1, 0.15) is 6.04 Å². The second kappa shape index (κ2) is 8.69. The molecule has 4 rings (SSSR count). The van der Waals surface area contributed by atoms with Gasteiger partial charge in [-0.1, -0.05) is 30.3 Å². The molecule has 0 bridgehead atoms. The highest BCUT2D eigenvalue weighted by molar-refractivity contribution is 6.25. The number of amides is 4. The lowest BCUT2D eigenvalue weighted by Crippen LogP contribution is -2.54. The van der Waals surface area contributed by atoms with Crippen LogP contribution in [0.2, 0.25) is 0 Å². The summed E-state index contributed by atoms with van der Waals surface area (Å²) in [6.45, 7) is 1.19. The minimum atomic E-state index is -0.968. The fourth-order valence-electron chi connectivity index (χ4n) is 4.04. The number of rotatable bonds is 7. The Morgan fingerprint density at radius 1 is 0.968 bits per heavy atom. The van der Waals surface area contributed by atoms with E-state index in [4.69, 9.17) is 5.73 Å². The number of carbonyl (C=O) groups is 4. The van der Waals surface area contributed by atoms with Gasteiger partial charge in [0.05, 0.1) is 11.1 Å². The van der Waals surface area contributed by atoms with Crippen LogP contribution in [0.1, 0.15) is 44.7 Å². The van der Waals surface area contributed by atoms with Crippen molar-refractivity contribution in [3.8, 4) is 0 Å². The van der Waals surface area contributed by atoms with E-state index in [-0.39, 0.29) is 24.0 Å². The highest BCUT2D eigenvalue weighted by Gasteiger charge is 2.45. The summed E-state index contributed by atoms with van der Waals surface area (Å²) in [7, 11) is 0. The van der Waals surface area contributed by atoms with Crippen molar-refractivity contribution in [1.29, 1.82) is 0 Å². The van der Waals surface area contributed by atoms with E-state index in [9.17, 15) is 19.2 Å². The first kappa shape index (κ1) is 20.7. The van der Waals surface area contributed by atoms with Gasteiger partial charge in [-0.05, 0) is 49.1 Å². The molecule has 2 heterocycles. The Hall–Kier alpha value is -3.52. The largest absolute Gasteiger partial charge is 0.384 e. The Morgan fingerprint density at radius 3 is 2.35 bits per heavy atom. The third-order valence-corrected chi connectivity index (χ3v) is 5.65. The number of anilines is 1. The smallest absolute Gasteiger partial charge is 0.264 e. The molecule has 8 heteroatoms. The zero-order chi connectivity index (χ0) is 22.0. The van der Waals surface area contributed by atoms with Gasteiger partial charge < -0.3 is 11.1 Å². The molecule has 0 spiro atoms. The molecule has 160 valence electrons. The van der Waals surface area contributed by atoms with Crippen LogP contribution in [0.3, 0.4) is 0 Å². The fraction of sp³-hybridized carbons (Fsp3) is 0.304. The molecule has 4 amide bonds. The van der Waals surface area contributed by atoms with Gasteiger partial charge in [-0.15, -0.1) is 0 Å². The minimum absolute atomic E-state index is 0.0962. The number of fused-ring (bicyclic) bond motifs is 1. The highest BCUT2D eigenvalue weighted by Crippen LogP contribution is 2.32. The quantitative estimate of drug-likeness (QED) is 0.580. The molecule has 2 aliphatic heterocycles. The van der Waals surface area contributed by atoms with Gasteiger partial charge >= 0.3 is 0 Å². The summed E-state index contributed by atoms with van der Waals surface area (Å²) in [5.41, 5.74) is 9.02. The fourth-order valence-corrected chi connectivity index (χ4v) is 4.04. The summed E-state index contributed by atoms with van der Waals surface area (Å²) < 4.78 is 0. The monoisotopic (exact) mass is 420 g/mol. The van der Waals surface area contributed by atoms with E-state index in [0.717, 1.165) is 23.3 Å². The van der Waals surface area contributed by atoms with Crippen molar-refractivity contribution >= 4 is 29.3 Å². The SMILES string of the molecule is NCCc1ccc(CCNc2cccc3c2C(=O)N(C2CCC(=O)NC2=O)C3=O)cc1. The predicted molar refractivity (Wildman–Crippen MR) is 115 cm³/mol. The second-order valence-electron chi connectivity index (χ2n) is 7.71. The Bertz CT molecular complexity index is 1050. The van der Waals surface area contributed by atoms with Gasteiger partial charge in [-0.2, -0.15) is 0 Å². The molecule has 1 unspecified atom stereocenters. The Kier molecular flexibility index (Phi) is 5.81. The first-order chi connectivity index (χ1) is 15.0. The van der Waals surface area contributed by atoms with E-state index in [0.29, 0.717) is 18.8 Å². The molecule has 1 atom stereocenters. The molecule has 0 radical (unpaired) electrons. The van der Waals surface area contributed by atoms with Crippen molar-refractivity contribution in [2.24, 2.45) is 5.73 Å². The molecule has 1 saturated heterocycles. The van der Waals surface area contributed by atoms with Crippen LogP contribution in [0.25, 0.3) is 0 Å². The van der Waals surface area contributed by atoms with Crippen LogP contribution < -0.4 is 16.4 Å². The Balaban J connectivity index is 1.47. The van der Waals surface area contributed by atoms with Gasteiger partial charge in [-0.3, -0.25) is 29.4 Å². The zero-order valence-corrected chi connectivity index (χ0v) is 17.0. The average Bonchev–Trinajstić information content (AvgIpc) is 3.01. The average molecular weight is 420 g/mol. The molecule has 8 nitrogen and oxygen atoms in total. The van der Waals surface area contributed by atoms with Crippen molar-refractivity contribution in [3.63, 3.8) is 0 Å². The molecule has 2 aromatic rings. The van der Waals surface area contributed by atoms with Crippen molar-refractivity contribution in [2.45, 2.75) is 31.7 Å². The summed E-state index contributed by atoms with van der Waals surface area (Å²) in [6.07, 6.45) is 1.82. The van der Waals surface area contributed by atoms with E-state index in [1.807, 2.05) is 0 Å². The number of hydrogen-bond acceptors (Lipinski definition) is 6. The number of carbonyl (C=O) groups excluding carboxylic acids is 4. The second-order valence-corrected chi connectivity index (χ2v) is 7.71. The van der Waals surface area contributed by atoms with Gasteiger partial charge in [0.2, 0.25) is 11.8 Å². The number of piperidine rings is 1. The van der Waals surface area contributed by atoms with Crippen LogP contribution in [-0.2, 0) is 22.4 Å². The summed E-state index contributed by atoms with van der Waals surface area (Å²) >= 11 is 0. The van der Waals surface area contributed by atoms with Crippen molar-refractivity contribution in [3.05, 3.63) is 64.7 Å². The molecule has 0 saturated carbocycles. The molecule has 31 heavy (non-hydrogen) atoms. The van der Waals surface area contributed by atoms with Crippen molar-refractivity contribution in [1.82, 2.24) is 10.2 Å². The topological polar surface area (TPSA) is 122 Å². The molecule has 2 aromatic carbocycles. The standard InChI is InChI=1S/C23H24N4O4/c24-12-10-14-4-6-15(7-5-14)11-13-25-17-3-1-2-16-20(17)23(31)27(22(16)30)18-8-9-19(28)26-21(18)29/h1-7,18,25H,8-13,24H2,(H,26,28,29). The zero-order valence-electron chi connectivity index (χ0n) is 17.0. The summed E-state index contributed by atoms with van der Waals surface area (Å²) in [5.74, 6) is -2.02. The van der Waals surface area contributed by atoms with Crippen molar-refractivity contribution < 1.29 is 19.2 Å². The summed E-state index contributed by atoms with van der Waals surface area (Å²) in [4.78, 5) is 50.6. The van der Waals surface area contributed by atoms with E-state index >= 15 is 0 Å². The highest BCUT2D eigenvalue weighted by atomic mass is 16.2. The predicted octanol–water partition coefficient (Wildman–Crippen LogP) is 1.24. The van der Waals surface area contributed by atoms with Gasteiger partial charge in [0.25, 0.3) is 11.8 Å². The van der Waals surface area contributed by atoms with E-state index < -0.39 is 29.7 Å². The number of hydrogen-bond donors (Lipinski definition) is 3. The van der Waals surface area contributed by atoms with Crippen LogP contribution in [0.15, 0.2) is 42.5 Å². The number of benzene rings is 2. The van der Waals surface area contributed by atoms with Gasteiger partial charge in [0, 0.05) is 18.7 Å². The van der Waals surface area contributed by atoms with E-state index in [1.54, 1.807) is 18.2 Å². The molecule has 0 aromatic heterocycles. The molecule has 1 fully saturated rings. The van der Waals surface area contributed by atoms with Crippen LogP contribution in [0.5, 0.6) is 0 Å². The van der Waals surface area contributed by atoms with Gasteiger partial charge in [-0.25, -0.2) is 0 Å². The van der Waals surface area contributed by atoms with Crippen molar-refractivity contribution in [2.75, 3.05) is 18.4 Å². The third-order valence-electron chi connectivity index (χ3n) is 5.65. The Morgan fingerprint density at radius 2 is 1.68 bits per heavy atom. The maximum atomic E-state index is 13.1. The van der Waals surface area contributed by atoms with Crippen LogP contribution in [-0.4, -0.2) is 47.7 Å².